The molecule has 0 N–H and O–H groups in total. The van der Waals surface area contributed by atoms with Crippen LogP contribution in [0, 0.1) is 11.3 Å². The van der Waals surface area contributed by atoms with Crippen LogP contribution < -0.4 is 4.74 Å². The van der Waals surface area contributed by atoms with E-state index in [9.17, 15) is 18.4 Å². The minimum Gasteiger partial charge on any atom is -0.471 e. The molecule has 0 amide bonds. The Hall–Kier alpha value is -2.38. The van der Waals surface area contributed by atoms with E-state index >= 15 is 0 Å². The molecule has 0 atom stereocenters. The first-order chi connectivity index (χ1) is 14.0. The van der Waals surface area contributed by atoms with E-state index in [0.717, 1.165) is 10.6 Å². The maximum Gasteiger partial charge on any atom is 0.446 e. The quantitative estimate of drug-likeness (QED) is 0.425. The largest absolute Gasteiger partial charge is 0.471 e. The number of thioether (sulfide) groups is 2. The molecule has 30 heavy (non-hydrogen) atoms. The van der Waals surface area contributed by atoms with E-state index in [1.54, 1.807) is 49.4 Å². The summed E-state index contributed by atoms with van der Waals surface area (Å²) in [7, 11) is 1.80. The number of halogens is 3. The van der Waals surface area contributed by atoms with E-state index in [0.29, 0.717) is 28.3 Å². The Morgan fingerprint density at radius 2 is 1.97 bits per heavy atom. The summed E-state index contributed by atoms with van der Waals surface area (Å²) in [6.07, 6.45) is 1.53. The van der Waals surface area contributed by atoms with Gasteiger partial charge in [0.15, 0.2) is 11.4 Å². The van der Waals surface area contributed by atoms with Crippen LogP contribution in [0.2, 0.25) is 0 Å². The van der Waals surface area contributed by atoms with Crippen molar-refractivity contribution < 1.29 is 17.9 Å². The summed E-state index contributed by atoms with van der Waals surface area (Å²) in [6.45, 7) is 5.32. The van der Waals surface area contributed by atoms with Gasteiger partial charge >= 0.3 is 5.51 Å². The fourth-order valence-electron chi connectivity index (χ4n) is 2.82. The second kappa shape index (κ2) is 8.40. The molecule has 3 rings (SSSR count). The second-order valence-corrected chi connectivity index (χ2v) is 9.31. The first-order valence-corrected chi connectivity index (χ1v) is 10.8. The third-order valence-corrected chi connectivity index (χ3v) is 5.70. The molecule has 0 aliphatic carbocycles. The van der Waals surface area contributed by atoms with E-state index in [-0.39, 0.29) is 16.7 Å². The van der Waals surface area contributed by atoms with Gasteiger partial charge in [0.1, 0.15) is 17.5 Å². The first kappa shape index (κ1) is 22.3. The molecule has 2 heterocycles. The van der Waals surface area contributed by atoms with Crippen LogP contribution in [-0.2, 0) is 7.05 Å². The highest BCUT2D eigenvalue weighted by molar-refractivity contribution is 8.00. The molecule has 0 fully saturated rings. The molecule has 10 heteroatoms. The molecule has 0 aliphatic heterocycles. The topological polar surface area (TPSA) is 63.7 Å². The SMILES string of the molecule is CCSc1cc(OC(C)(C)C#N)cnc1-c1nc2cc(SC(F)(F)F)ccc2n1C. The van der Waals surface area contributed by atoms with Crippen molar-refractivity contribution in [3.05, 3.63) is 30.5 Å². The number of ether oxygens (including phenoxy) is 1. The monoisotopic (exact) mass is 452 g/mol. The van der Waals surface area contributed by atoms with Crippen LogP contribution in [0.15, 0.2) is 40.3 Å². The van der Waals surface area contributed by atoms with E-state index < -0.39 is 11.1 Å². The molecule has 0 spiro atoms. The number of rotatable bonds is 6. The average molecular weight is 453 g/mol. The van der Waals surface area contributed by atoms with Gasteiger partial charge in [0.2, 0.25) is 0 Å². The number of hydrogen-bond acceptors (Lipinski definition) is 6. The van der Waals surface area contributed by atoms with Crippen LogP contribution in [0.1, 0.15) is 20.8 Å². The van der Waals surface area contributed by atoms with Crippen LogP contribution in [0.3, 0.4) is 0 Å². The molecule has 0 unspecified atom stereocenters. The van der Waals surface area contributed by atoms with Crippen molar-refractivity contribution in [3.8, 4) is 23.3 Å². The number of fused-ring (bicyclic) bond motifs is 1. The number of aromatic nitrogens is 3. The summed E-state index contributed by atoms with van der Waals surface area (Å²) in [6, 6.07) is 8.37. The fraction of sp³-hybridized carbons (Fsp3) is 0.350. The zero-order valence-corrected chi connectivity index (χ0v) is 18.4. The van der Waals surface area contributed by atoms with E-state index in [1.807, 2.05) is 6.92 Å². The lowest BCUT2D eigenvalue weighted by Crippen LogP contribution is -2.25. The van der Waals surface area contributed by atoms with E-state index in [1.165, 1.54) is 18.3 Å². The van der Waals surface area contributed by atoms with Gasteiger partial charge in [0, 0.05) is 16.8 Å². The molecule has 0 saturated heterocycles. The Kier molecular flexibility index (Phi) is 6.24. The number of pyridine rings is 1. The summed E-state index contributed by atoms with van der Waals surface area (Å²) in [5.41, 5.74) is -3.58. The number of benzene rings is 1. The number of aryl methyl sites for hydroxylation is 1. The van der Waals surface area contributed by atoms with Gasteiger partial charge in [-0.25, -0.2) is 9.97 Å². The molecule has 158 valence electrons. The summed E-state index contributed by atoms with van der Waals surface area (Å²) < 4.78 is 45.6. The van der Waals surface area contributed by atoms with Crippen molar-refractivity contribution in [2.75, 3.05) is 5.75 Å². The molecule has 2 aromatic heterocycles. The number of hydrogen-bond donors (Lipinski definition) is 0. The van der Waals surface area contributed by atoms with Gasteiger partial charge in [-0.2, -0.15) is 18.4 Å². The molecular weight excluding hydrogens is 433 g/mol. The van der Waals surface area contributed by atoms with Crippen LogP contribution in [0.4, 0.5) is 13.2 Å². The highest BCUT2D eigenvalue weighted by Crippen LogP contribution is 2.39. The molecule has 5 nitrogen and oxygen atoms in total. The lowest BCUT2D eigenvalue weighted by atomic mass is 10.2. The lowest BCUT2D eigenvalue weighted by Gasteiger charge is -2.19. The summed E-state index contributed by atoms with van der Waals surface area (Å²) in [4.78, 5) is 9.94. The normalized spacial score (nSPS) is 12.2. The number of imidazole rings is 1. The first-order valence-electron chi connectivity index (χ1n) is 8.98. The predicted molar refractivity (Wildman–Crippen MR) is 113 cm³/mol. The van der Waals surface area contributed by atoms with Crippen molar-refractivity contribution in [2.24, 2.45) is 7.05 Å². The minimum atomic E-state index is -4.36. The second-order valence-electron chi connectivity index (χ2n) is 6.87. The van der Waals surface area contributed by atoms with Crippen LogP contribution in [0.5, 0.6) is 5.75 Å². The van der Waals surface area contributed by atoms with Gasteiger partial charge in [-0.3, -0.25) is 0 Å². The zero-order valence-electron chi connectivity index (χ0n) is 16.7. The lowest BCUT2D eigenvalue weighted by molar-refractivity contribution is -0.0328. The van der Waals surface area contributed by atoms with Gasteiger partial charge in [-0.1, -0.05) is 6.92 Å². The van der Waals surface area contributed by atoms with Crippen molar-refractivity contribution in [1.82, 2.24) is 14.5 Å². The van der Waals surface area contributed by atoms with E-state index in [4.69, 9.17) is 4.74 Å². The van der Waals surface area contributed by atoms with Crippen LogP contribution in [0.25, 0.3) is 22.6 Å². The molecule has 0 aliphatic rings. The van der Waals surface area contributed by atoms with Crippen LogP contribution >= 0.6 is 23.5 Å². The average Bonchev–Trinajstić information content (AvgIpc) is 2.96. The smallest absolute Gasteiger partial charge is 0.446 e. The molecule has 0 saturated carbocycles. The highest BCUT2D eigenvalue weighted by atomic mass is 32.2. The van der Waals surface area contributed by atoms with Crippen LogP contribution in [-0.4, -0.2) is 31.4 Å². The molecule has 1 aromatic carbocycles. The third kappa shape index (κ3) is 5.02. The zero-order chi connectivity index (χ0) is 22.1. The Morgan fingerprint density at radius 1 is 1.23 bits per heavy atom. The Bertz CT molecular complexity index is 1120. The molecule has 3 aromatic rings. The van der Waals surface area contributed by atoms with Gasteiger partial charge in [-0.15, -0.1) is 11.8 Å². The van der Waals surface area contributed by atoms with Gasteiger partial charge in [0.25, 0.3) is 0 Å². The molecule has 0 radical (unpaired) electrons. The third-order valence-electron chi connectivity index (χ3n) is 4.07. The van der Waals surface area contributed by atoms with Crippen molar-refractivity contribution >= 4 is 34.6 Å². The standard InChI is InChI=1S/C20H19F3N4OS2/c1-5-29-16-8-12(28-19(2,3)11-24)10-25-17(16)18-26-14-9-13(30-20(21,22)23)6-7-15(14)27(18)4/h6-10H,5H2,1-4H3. The molecular formula is C20H19F3N4OS2. The van der Waals surface area contributed by atoms with Crippen molar-refractivity contribution in [1.29, 1.82) is 5.26 Å². The Morgan fingerprint density at radius 3 is 2.60 bits per heavy atom. The van der Waals surface area contributed by atoms with Gasteiger partial charge < -0.3 is 9.30 Å². The maximum absolute atomic E-state index is 12.7. The van der Waals surface area contributed by atoms with E-state index in [2.05, 4.69) is 16.0 Å². The minimum absolute atomic E-state index is 0.0817. The van der Waals surface area contributed by atoms with Gasteiger partial charge in [0.05, 0.1) is 17.2 Å². The number of alkyl halides is 3. The Labute approximate surface area is 180 Å². The highest BCUT2D eigenvalue weighted by Gasteiger charge is 2.29. The molecule has 0 bridgehead atoms. The maximum atomic E-state index is 12.7. The summed E-state index contributed by atoms with van der Waals surface area (Å²) >= 11 is 1.38. The predicted octanol–water partition coefficient (Wildman–Crippen LogP) is 6.04. The number of nitriles is 1. The number of nitrogens with zero attached hydrogens (tertiary/aromatic N) is 4. The Balaban J connectivity index is 2.05. The van der Waals surface area contributed by atoms with Crippen molar-refractivity contribution in [3.63, 3.8) is 0 Å². The van der Waals surface area contributed by atoms with Gasteiger partial charge in [-0.05, 0) is 55.6 Å². The van der Waals surface area contributed by atoms with Crippen molar-refractivity contribution in [2.45, 2.75) is 41.7 Å². The summed E-state index contributed by atoms with van der Waals surface area (Å²) in [5.74, 6) is 1.78. The summed E-state index contributed by atoms with van der Waals surface area (Å²) in [5, 5.41) is 9.18. The fourth-order valence-corrected chi connectivity index (χ4v) is 4.19.